The van der Waals surface area contributed by atoms with E-state index < -0.39 is 19.9 Å². The molecule has 3 rings (SSSR count). The van der Waals surface area contributed by atoms with Gasteiger partial charge in [-0.3, -0.25) is 4.72 Å². The van der Waals surface area contributed by atoms with E-state index in [1.165, 1.54) is 31.3 Å². The van der Waals surface area contributed by atoms with Crippen LogP contribution >= 0.6 is 11.6 Å². The molecule has 3 aromatic rings. The Morgan fingerprint density at radius 2 is 1.83 bits per heavy atom. The van der Waals surface area contributed by atoms with Crippen LogP contribution in [-0.4, -0.2) is 36.2 Å². The molecule has 29 heavy (non-hydrogen) atoms. The molecule has 0 bridgehead atoms. The highest BCUT2D eigenvalue weighted by molar-refractivity contribution is 7.93. The van der Waals surface area contributed by atoms with Crippen LogP contribution in [0, 0.1) is 5.21 Å². The van der Waals surface area contributed by atoms with Crippen LogP contribution in [0.1, 0.15) is 6.42 Å². The fourth-order valence-electron chi connectivity index (χ4n) is 2.76. The maximum absolute atomic E-state index is 12.8. The number of sulfone groups is 1. The highest BCUT2D eigenvalue weighted by Crippen LogP contribution is 2.30. The Labute approximate surface area is 173 Å². The Morgan fingerprint density at radius 3 is 2.52 bits per heavy atom. The maximum Gasteiger partial charge on any atom is 0.295 e. The number of anilines is 1. The zero-order valence-electron chi connectivity index (χ0n) is 15.4. The highest BCUT2D eigenvalue weighted by Gasteiger charge is 2.25. The lowest BCUT2D eigenvalue weighted by Gasteiger charge is -2.16. The summed E-state index contributed by atoms with van der Waals surface area (Å²) in [6, 6.07) is 11.9. The summed E-state index contributed by atoms with van der Waals surface area (Å²) in [5, 5.41) is 11.4. The third-order valence-corrected chi connectivity index (χ3v) is 7.44. The van der Waals surface area contributed by atoms with Crippen molar-refractivity contribution in [1.82, 2.24) is 0 Å². The van der Waals surface area contributed by atoms with Crippen LogP contribution < -0.4 is 9.79 Å². The molecular weight excluding hydrogens is 440 g/mol. The molecule has 1 heterocycles. The summed E-state index contributed by atoms with van der Waals surface area (Å²) in [6.07, 6.45) is 0.135. The summed E-state index contributed by atoms with van der Waals surface area (Å²) in [5.74, 6) is -0.298. The molecule has 0 saturated carbocycles. The number of quaternary nitrogens is 1. The molecule has 0 saturated heterocycles. The van der Waals surface area contributed by atoms with Crippen molar-refractivity contribution in [2.24, 2.45) is 0 Å². The third kappa shape index (κ3) is 5.09. The Hall–Kier alpha value is -2.11. The van der Waals surface area contributed by atoms with Gasteiger partial charge in [-0.15, -0.1) is 0 Å². The second-order valence-corrected chi connectivity index (χ2v) is 10.6. The SMILES string of the molecule is C[NH+]([O-])CCCS(=O)(=O)c1ccc(Cl)cc1NS(=O)(=O)c1cc2ccccc2o1. The Bertz CT molecular complexity index is 1200. The first kappa shape index (κ1) is 21.6. The second kappa shape index (κ2) is 8.33. The van der Waals surface area contributed by atoms with Gasteiger partial charge in [0, 0.05) is 22.9 Å². The molecule has 0 spiro atoms. The van der Waals surface area contributed by atoms with Gasteiger partial charge >= 0.3 is 0 Å². The number of furan rings is 1. The number of para-hydroxylation sites is 1. The largest absolute Gasteiger partial charge is 0.634 e. The lowest BCUT2D eigenvalue weighted by molar-refractivity contribution is -0.825. The van der Waals surface area contributed by atoms with Gasteiger partial charge in [-0.05, 0) is 24.3 Å². The fraction of sp³-hybridized carbons (Fsp3) is 0.222. The minimum atomic E-state index is -4.20. The first-order chi connectivity index (χ1) is 13.6. The molecule has 8 nitrogen and oxygen atoms in total. The number of sulfonamides is 1. The van der Waals surface area contributed by atoms with Gasteiger partial charge in [0.25, 0.3) is 10.0 Å². The topological polar surface area (TPSA) is 121 Å². The van der Waals surface area contributed by atoms with Gasteiger partial charge in [0.15, 0.2) is 9.84 Å². The third-order valence-electron chi connectivity index (χ3n) is 4.13. The minimum absolute atomic E-state index is 0.118. The van der Waals surface area contributed by atoms with Crippen molar-refractivity contribution < 1.29 is 26.3 Å². The van der Waals surface area contributed by atoms with Crippen molar-refractivity contribution in [3.63, 3.8) is 0 Å². The first-order valence-electron chi connectivity index (χ1n) is 8.62. The van der Waals surface area contributed by atoms with E-state index in [4.69, 9.17) is 16.0 Å². The summed E-state index contributed by atoms with van der Waals surface area (Å²) >= 11 is 5.95. The molecule has 0 aliphatic rings. The summed E-state index contributed by atoms with van der Waals surface area (Å²) in [7, 11) is -6.68. The number of rotatable bonds is 8. The van der Waals surface area contributed by atoms with Gasteiger partial charge < -0.3 is 14.7 Å². The van der Waals surface area contributed by atoms with Crippen LogP contribution in [-0.2, 0) is 19.9 Å². The zero-order valence-corrected chi connectivity index (χ0v) is 17.8. The van der Waals surface area contributed by atoms with Gasteiger partial charge in [-0.25, -0.2) is 8.42 Å². The van der Waals surface area contributed by atoms with Crippen molar-refractivity contribution in [3.8, 4) is 0 Å². The first-order valence-corrected chi connectivity index (χ1v) is 12.1. The minimum Gasteiger partial charge on any atom is -0.634 e. The standard InChI is InChI=1S/C18H19ClN2O6S2/c1-21(22)9-4-10-28(23,24)17-8-7-14(19)12-15(17)20-29(25,26)18-11-13-5-2-3-6-16(13)27-18/h2-3,5-8,11-12,20-21H,4,9-10H2,1H3. The van der Waals surface area contributed by atoms with Crippen molar-refractivity contribution in [2.45, 2.75) is 16.4 Å². The summed E-state index contributed by atoms with van der Waals surface area (Å²) < 4.78 is 58.6. The molecule has 0 aliphatic heterocycles. The van der Waals surface area contributed by atoms with Crippen LogP contribution in [0.25, 0.3) is 11.0 Å². The normalized spacial score (nSPS) is 13.5. The van der Waals surface area contributed by atoms with Gasteiger partial charge in [-0.2, -0.15) is 8.42 Å². The Balaban J connectivity index is 1.95. The van der Waals surface area contributed by atoms with Gasteiger partial charge in [0.1, 0.15) is 5.58 Å². The van der Waals surface area contributed by atoms with E-state index in [0.717, 1.165) is 0 Å². The molecule has 2 aromatic carbocycles. The molecule has 0 amide bonds. The van der Waals surface area contributed by atoms with E-state index in [1.807, 2.05) is 0 Å². The van der Waals surface area contributed by atoms with E-state index in [1.54, 1.807) is 24.3 Å². The van der Waals surface area contributed by atoms with Crippen LogP contribution in [0.2, 0.25) is 5.02 Å². The lowest BCUT2D eigenvalue weighted by Crippen LogP contribution is -3.03. The molecule has 0 aliphatic carbocycles. The maximum atomic E-state index is 12.8. The lowest BCUT2D eigenvalue weighted by atomic mass is 10.3. The van der Waals surface area contributed by atoms with Gasteiger partial charge in [0.05, 0.1) is 29.9 Å². The highest BCUT2D eigenvalue weighted by atomic mass is 35.5. The fourth-order valence-corrected chi connectivity index (χ4v) is 5.50. The van der Waals surface area contributed by atoms with Crippen molar-refractivity contribution >= 4 is 48.1 Å². The predicted octanol–water partition coefficient (Wildman–Crippen LogP) is 2.06. The predicted molar refractivity (Wildman–Crippen MR) is 110 cm³/mol. The van der Waals surface area contributed by atoms with Crippen LogP contribution in [0.5, 0.6) is 0 Å². The summed E-state index contributed by atoms with van der Waals surface area (Å²) in [6.45, 7) is 0.118. The van der Waals surface area contributed by atoms with Gasteiger partial charge in [0.2, 0.25) is 5.09 Å². The van der Waals surface area contributed by atoms with E-state index >= 15 is 0 Å². The van der Waals surface area contributed by atoms with E-state index in [9.17, 15) is 22.0 Å². The average molecular weight is 459 g/mol. The van der Waals surface area contributed by atoms with Crippen molar-refractivity contribution in [3.05, 3.63) is 58.8 Å². The number of nitrogens with one attached hydrogen (secondary N) is 2. The number of halogens is 1. The molecule has 1 aromatic heterocycles. The summed E-state index contributed by atoms with van der Waals surface area (Å²) in [4.78, 5) is -0.217. The number of hydroxylamine groups is 2. The average Bonchev–Trinajstić information content (AvgIpc) is 3.06. The number of hydrogen-bond acceptors (Lipinski definition) is 6. The number of benzene rings is 2. The smallest absolute Gasteiger partial charge is 0.295 e. The van der Waals surface area contributed by atoms with Crippen LogP contribution in [0.15, 0.2) is 62.9 Å². The molecule has 0 radical (unpaired) electrons. The molecule has 2 N–H and O–H groups in total. The molecule has 156 valence electrons. The molecular formula is C18H19ClN2O6S2. The van der Waals surface area contributed by atoms with E-state index in [0.29, 0.717) is 11.0 Å². The molecule has 1 unspecified atom stereocenters. The second-order valence-electron chi connectivity index (χ2n) is 6.47. The molecule has 11 heteroatoms. The van der Waals surface area contributed by atoms with E-state index in [-0.39, 0.29) is 44.5 Å². The van der Waals surface area contributed by atoms with Crippen molar-refractivity contribution in [2.75, 3.05) is 24.1 Å². The molecule has 1 atom stereocenters. The number of fused-ring (bicyclic) bond motifs is 1. The zero-order chi connectivity index (χ0) is 21.2. The monoisotopic (exact) mass is 458 g/mol. The Morgan fingerprint density at radius 1 is 1.10 bits per heavy atom. The van der Waals surface area contributed by atoms with Gasteiger partial charge in [-0.1, -0.05) is 29.8 Å². The van der Waals surface area contributed by atoms with Crippen LogP contribution in [0.3, 0.4) is 0 Å². The quantitative estimate of drug-likeness (QED) is 0.498. The Kier molecular flexibility index (Phi) is 6.20. The molecule has 0 fully saturated rings. The summed E-state index contributed by atoms with van der Waals surface area (Å²) in [5.41, 5.74) is 0.205. The van der Waals surface area contributed by atoms with Crippen LogP contribution in [0.4, 0.5) is 5.69 Å². The van der Waals surface area contributed by atoms with Crippen molar-refractivity contribution in [1.29, 1.82) is 0 Å². The number of hydrogen-bond donors (Lipinski definition) is 2. The van der Waals surface area contributed by atoms with E-state index in [2.05, 4.69) is 4.72 Å².